The van der Waals surface area contributed by atoms with Crippen LogP contribution >= 0.6 is 0 Å². The number of aromatic nitrogens is 2. The number of nitrogens with one attached hydrogen (secondary N) is 2. The van der Waals surface area contributed by atoms with E-state index in [2.05, 4.69) is 15.3 Å². The van der Waals surface area contributed by atoms with Crippen LogP contribution in [0.5, 0.6) is 17.2 Å². The Labute approximate surface area is 233 Å². The van der Waals surface area contributed by atoms with E-state index in [-0.39, 0.29) is 29.2 Å². The number of nitrogen functional groups attached to an aromatic ring is 1. The average Bonchev–Trinajstić information content (AvgIpc) is 2.98. The number of hydrogen-bond donors (Lipinski definition) is 4. The summed E-state index contributed by atoms with van der Waals surface area (Å²) in [5.74, 6) is 2.39. The molecule has 5 N–H and O–H groups in total. The number of hydrogen-bond acceptors (Lipinski definition) is 8. The average molecular weight is 537 g/mol. The molecule has 1 amide bonds. The number of ether oxygens (including phenoxy) is 1. The van der Waals surface area contributed by atoms with Crippen LogP contribution in [0.15, 0.2) is 85.2 Å². The van der Waals surface area contributed by atoms with Crippen molar-refractivity contribution in [1.82, 2.24) is 14.9 Å². The van der Waals surface area contributed by atoms with Gasteiger partial charge in [0, 0.05) is 31.1 Å². The van der Waals surface area contributed by atoms with E-state index >= 15 is 0 Å². The Kier molecular flexibility index (Phi) is 8.20. The molecule has 1 saturated heterocycles. The Bertz CT molecular complexity index is 1460. The zero-order valence-electron chi connectivity index (χ0n) is 22.1. The zero-order valence-corrected chi connectivity index (χ0v) is 22.1. The fourth-order valence-corrected chi connectivity index (χ4v) is 4.80. The predicted octanol–water partition coefficient (Wildman–Crippen LogP) is 5.01. The molecule has 0 radical (unpaired) electrons. The van der Waals surface area contributed by atoms with E-state index in [0.717, 1.165) is 24.2 Å². The molecule has 5 rings (SSSR count). The van der Waals surface area contributed by atoms with Gasteiger partial charge in [-0.05, 0) is 73.4 Å². The topological polar surface area (TPSA) is 137 Å². The van der Waals surface area contributed by atoms with Crippen molar-refractivity contribution in [2.75, 3.05) is 24.1 Å². The summed E-state index contributed by atoms with van der Waals surface area (Å²) in [5, 5.41) is 21.8. The second-order valence-electron chi connectivity index (χ2n) is 9.79. The van der Waals surface area contributed by atoms with Crippen molar-refractivity contribution < 1.29 is 14.6 Å². The first-order valence-corrected chi connectivity index (χ1v) is 13.3. The summed E-state index contributed by atoms with van der Waals surface area (Å²) in [4.78, 5) is 23.4. The minimum atomic E-state index is -0.0335. The molecule has 0 unspecified atom stereocenters. The molecule has 4 aromatic rings. The Morgan fingerprint density at radius 1 is 1.02 bits per heavy atom. The van der Waals surface area contributed by atoms with Crippen LogP contribution in [-0.4, -0.2) is 50.7 Å². The molecule has 1 fully saturated rings. The van der Waals surface area contributed by atoms with Crippen LogP contribution < -0.4 is 15.8 Å². The van der Waals surface area contributed by atoms with Gasteiger partial charge in [0.2, 0.25) is 5.91 Å². The van der Waals surface area contributed by atoms with Gasteiger partial charge in [0.25, 0.3) is 0 Å². The number of benzene rings is 3. The van der Waals surface area contributed by atoms with Gasteiger partial charge in [-0.2, -0.15) is 0 Å². The lowest BCUT2D eigenvalue weighted by atomic mass is 10.0. The Balaban J connectivity index is 1.24. The fourth-order valence-electron chi connectivity index (χ4n) is 4.80. The number of phenols is 1. The summed E-state index contributed by atoms with van der Waals surface area (Å²) in [6.07, 6.45) is 4.13. The molecule has 0 spiro atoms. The number of amides is 1. The molecule has 3 aromatic carbocycles. The fraction of sp³-hybridized carbons (Fsp3) is 0.226. The van der Waals surface area contributed by atoms with Gasteiger partial charge < -0.3 is 25.8 Å². The van der Waals surface area contributed by atoms with E-state index in [0.29, 0.717) is 48.6 Å². The van der Waals surface area contributed by atoms with Crippen LogP contribution in [0.4, 0.5) is 11.6 Å². The lowest BCUT2D eigenvalue weighted by molar-refractivity contribution is -0.132. The van der Waals surface area contributed by atoms with Crippen molar-refractivity contribution >= 4 is 23.3 Å². The summed E-state index contributed by atoms with van der Waals surface area (Å²) in [6, 6.07) is 23.7. The Hall–Kier alpha value is -4.92. The van der Waals surface area contributed by atoms with E-state index in [1.165, 1.54) is 6.33 Å². The smallest absolute Gasteiger partial charge is 0.222 e. The van der Waals surface area contributed by atoms with Crippen molar-refractivity contribution in [3.8, 4) is 17.2 Å². The lowest BCUT2D eigenvalue weighted by Crippen LogP contribution is -2.45. The van der Waals surface area contributed by atoms with Crippen molar-refractivity contribution in [3.63, 3.8) is 0 Å². The van der Waals surface area contributed by atoms with E-state index in [1.807, 2.05) is 71.6 Å². The number of para-hydroxylation sites is 1. The third kappa shape index (κ3) is 6.55. The molecule has 0 bridgehead atoms. The van der Waals surface area contributed by atoms with Gasteiger partial charge in [-0.25, -0.2) is 9.97 Å². The number of nitrogens with two attached hydrogens (primary N) is 1. The SMILES string of the molecule is N=C(c1ccc(Oc2ccccc2)cc1)c1c(N)ncnc1N[C@@H]1CCCN(C(=O)CCc2ccc(O)cc2)C1. The van der Waals surface area contributed by atoms with E-state index in [1.54, 1.807) is 12.1 Å². The zero-order chi connectivity index (χ0) is 27.9. The van der Waals surface area contributed by atoms with Gasteiger partial charge in [0.05, 0.1) is 11.3 Å². The maximum absolute atomic E-state index is 13.0. The van der Waals surface area contributed by atoms with Crippen LogP contribution in [0.2, 0.25) is 0 Å². The highest BCUT2D eigenvalue weighted by molar-refractivity contribution is 6.16. The lowest BCUT2D eigenvalue weighted by Gasteiger charge is -2.34. The second kappa shape index (κ2) is 12.3. The number of anilines is 2. The highest BCUT2D eigenvalue weighted by atomic mass is 16.5. The molecule has 9 nitrogen and oxygen atoms in total. The molecule has 40 heavy (non-hydrogen) atoms. The van der Waals surface area contributed by atoms with Gasteiger partial charge in [-0.15, -0.1) is 0 Å². The highest BCUT2D eigenvalue weighted by Gasteiger charge is 2.26. The molecular formula is C31H32N6O3. The van der Waals surface area contributed by atoms with E-state index < -0.39 is 0 Å². The summed E-state index contributed by atoms with van der Waals surface area (Å²) in [7, 11) is 0. The van der Waals surface area contributed by atoms with E-state index in [9.17, 15) is 9.90 Å². The second-order valence-corrected chi connectivity index (χ2v) is 9.79. The molecular weight excluding hydrogens is 504 g/mol. The minimum absolute atomic E-state index is 0.0335. The number of piperidine rings is 1. The van der Waals surface area contributed by atoms with Crippen molar-refractivity contribution in [2.45, 2.75) is 31.7 Å². The van der Waals surface area contributed by atoms with Gasteiger partial charge in [0.1, 0.15) is 35.2 Å². The van der Waals surface area contributed by atoms with Crippen molar-refractivity contribution in [1.29, 1.82) is 5.41 Å². The van der Waals surface area contributed by atoms with Crippen LogP contribution in [0.3, 0.4) is 0 Å². The minimum Gasteiger partial charge on any atom is -0.508 e. The standard InChI is InChI=1S/C31H32N6O3/c32-29(22-11-15-26(16-12-22)40-25-6-2-1-3-7-25)28-30(33)34-20-35-31(28)36-23-5-4-18-37(19-23)27(39)17-10-21-8-13-24(38)14-9-21/h1-3,6-9,11-16,20,23,32,38H,4-5,10,17-19H2,(H3,33,34,35,36)/t23-/m1/s1. The van der Waals surface area contributed by atoms with Crippen LogP contribution in [0.1, 0.15) is 36.0 Å². The van der Waals surface area contributed by atoms with Gasteiger partial charge in [0.15, 0.2) is 0 Å². The van der Waals surface area contributed by atoms with Gasteiger partial charge in [-0.1, -0.05) is 30.3 Å². The quantitative estimate of drug-likeness (QED) is 0.221. The number of phenolic OH excluding ortho intramolecular Hbond substituents is 1. The van der Waals surface area contributed by atoms with Gasteiger partial charge >= 0.3 is 0 Å². The largest absolute Gasteiger partial charge is 0.508 e. The summed E-state index contributed by atoms with van der Waals surface area (Å²) in [5.41, 5.74) is 8.53. The summed E-state index contributed by atoms with van der Waals surface area (Å²) < 4.78 is 5.87. The number of nitrogens with zero attached hydrogens (tertiary/aromatic N) is 3. The first kappa shape index (κ1) is 26.7. The number of likely N-dealkylation sites (tertiary alicyclic amines) is 1. The van der Waals surface area contributed by atoms with Crippen LogP contribution in [0.25, 0.3) is 0 Å². The number of carbonyl (C=O) groups is 1. The van der Waals surface area contributed by atoms with E-state index in [4.69, 9.17) is 15.9 Å². The maximum Gasteiger partial charge on any atom is 0.222 e. The third-order valence-electron chi connectivity index (χ3n) is 6.93. The summed E-state index contributed by atoms with van der Waals surface area (Å²) >= 11 is 0. The number of carbonyl (C=O) groups excluding carboxylic acids is 1. The Morgan fingerprint density at radius 2 is 1.75 bits per heavy atom. The molecule has 1 aliphatic heterocycles. The molecule has 9 heteroatoms. The van der Waals surface area contributed by atoms with Crippen LogP contribution in [-0.2, 0) is 11.2 Å². The molecule has 0 aliphatic carbocycles. The monoisotopic (exact) mass is 536 g/mol. The molecule has 1 aromatic heterocycles. The molecule has 204 valence electrons. The molecule has 2 heterocycles. The maximum atomic E-state index is 13.0. The third-order valence-corrected chi connectivity index (χ3v) is 6.93. The van der Waals surface area contributed by atoms with Crippen molar-refractivity contribution in [2.24, 2.45) is 0 Å². The summed E-state index contributed by atoms with van der Waals surface area (Å²) in [6.45, 7) is 1.25. The number of aryl methyl sites for hydroxylation is 1. The molecule has 0 saturated carbocycles. The van der Waals surface area contributed by atoms with Crippen LogP contribution in [0, 0.1) is 5.41 Å². The van der Waals surface area contributed by atoms with Gasteiger partial charge in [-0.3, -0.25) is 10.2 Å². The highest BCUT2D eigenvalue weighted by Crippen LogP contribution is 2.27. The number of aromatic hydroxyl groups is 1. The first-order chi connectivity index (χ1) is 19.5. The first-order valence-electron chi connectivity index (χ1n) is 13.3. The molecule has 1 atom stereocenters. The van der Waals surface area contributed by atoms with Crippen molar-refractivity contribution in [3.05, 3.63) is 102 Å². The Morgan fingerprint density at radius 3 is 2.50 bits per heavy atom. The molecule has 1 aliphatic rings. The predicted molar refractivity (Wildman–Crippen MR) is 155 cm³/mol. The normalized spacial score (nSPS) is 14.9. The number of rotatable bonds is 9.